The Kier molecular flexibility index (Phi) is 5.79. The molecule has 1 aliphatic rings. The molecule has 34 heavy (non-hydrogen) atoms. The van der Waals surface area contributed by atoms with E-state index in [-0.39, 0.29) is 23.7 Å². The number of amides is 1. The standard InChI is InChI=1S/C26H27N5O3/c1-3-22(26(33)28-13-19-12-27-15-31(19)2)18-8-21(9-18)34-25-11-17(10-24-23(25)14-29-30-24)16-4-6-20(32)7-5-16/h3-7,10-12,14-15,18,21,32H,8-9,13H2,1-2H3,(H,28,33)(H,29,30). The minimum atomic E-state index is -0.0429. The summed E-state index contributed by atoms with van der Waals surface area (Å²) in [5.74, 6) is 1.12. The van der Waals surface area contributed by atoms with Crippen molar-refractivity contribution in [2.45, 2.75) is 32.4 Å². The van der Waals surface area contributed by atoms with Crippen molar-refractivity contribution < 1.29 is 14.6 Å². The maximum absolute atomic E-state index is 12.8. The molecule has 2 aromatic heterocycles. The highest BCUT2D eigenvalue weighted by atomic mass is 16.5. The van der Waals surface area contributed by atoms with Crippen molar-refractivity contribution in [3.05, 3.63) is 72.5 Å². The van der Waals surface area contributed by atoms with Crippen LogP contribution < -0.4 is 10.1 Å². The number of phenolic OH excluding ortho intramolecular Hbond substituents is 1. The Labute approximate surface area is 197 Å². The van der Waals surface area contributed by atoms with Crippen molar-refractivity contribution in [1.82, 2.24) is 25.1 Å². The number of benzene rings is 2. The summed E-state index contributed by atoms with van der Waals surface area (Å²) in [5.41, 5.74) is 4.60. The summed E-state index contributed by atoms with van der Waals surface area (Å²) in [6, 6.07) is 11.1. The summed E-state index contributed by atoms with van der Waals surface area (Å²) in [5, 5.41) is 20.7. The van der Waals surface area contributed by atoms with Crippen LogP contribution in [0.4, 0.5) is 0 Å². The Morgan fingerprint density at radius 1 is 1.24 bits per heavy atom. The third kappa shape index (κ3) is 4.26. The van der Waals surface area contributed by atoms with E-state index in [1.54, 1.807) is 30.9 Å². The van der Waals surface area contributed by atoms with Crippen molar-refractivity contribution >= 4 is 16.8 Å². The van der Waals surface area contributed by atoms with E-state index < -0.39 is 0 Å². The molecule has 0 saturated heterocycles. The minimum absolute atomic E-state index is 0.0259. The zero-order chi connectivity index (χ0) is 23.7. The van der Waals surface area contributed by atoms with Gasteiger partial charge in [-0.3, -0.25) is 9.89 Å². The zero-order valence-electron chi connectivity index (χ0n) is 19.2. The summed E-state index contributed by atoms with van der Waals surface area (Å²) >= 11 is 0. The molecule has 4 aromatic rings. The first-order chi connectivity index (χ1) is 16.5. The van der Waals surface area contributed by atoms with Crippen LogP contribution in [0.25, 0.3) is 22.0 Å². The molecule has 0 unspecified atom stereocenters. The number of rotatable bonds is 7. The Hall–Kier alpha value is -4.07. The fourth-order valence-electron chi connectivity index (χ4n) is 4.41. The van der Waals surface area contributed by atoms with Gasteiger partial charge in [-0.1, -0.05) is 18.2 Å². The highest BCUT2D eigenvalue weighted by molar-refractivity contribution is 5.94. The number of nitrogens with one attached hydrogen (secondary N) is 2. The monoisotopic (exact) mass is 457 g/mol. The van der Waals surface area contributed by atoms with Gasteiger partial charge in [0.25, 0.3) is 0 Å². The molecule has 0 radical (unpaired) electrons. The van der Waals surface area contributed by atoms with Crippen molar-refractivity contribution in [3.8, 4) is 22.6 Å². The van der Waals surface area contributed by atoms with Gasteiger partial charge in [0.05, 0.1) is 41.8 Å². The normalized spacial score (nSPS) is 18.0. The average molecular weight is 458 g/mol. The third-order valence-electron chi connectivity index (χ3n) is 6.47. The molecule has 1 saturated carbocycles. The lowest BCUT2D eigenvalue weighted by molar-refractivity contribution is -0.118. The fraction of sp³-hybridized carbons (Fsp3) is 0.269. The number of aromatic nitrogens is 4. The number of aromatic amines is 1. The second kappa shape index (κ2) is 9.05. The highest BCUT2D eigenvalue weighted by Crippen LogP contribution is 2.39. The molecule has 0 bridgehead atoms. The summed E-state index contributed by atoms with van der Waals surface area (Å²) in [7, 11) is 1.91. The largest absolute Gasteiger partial charge is 0.508 e. The number of carbonyl (C=O) groups excluding carboxylic acids is 1. The number of fused-ring (bicyclic) bond motifs is 1. The van der Waals surface area contributed by atoms with E-state index in [1.165, 1.54) is 0 Å². The summed E-state index contributed by atoms with van der Waals surface area (Å²) in [4.78, 5) is 16.9. The lowest BCUT2D eigenvalue weighted by Gasteiger charge is -2.36. The van der Waals surface area contributed by atoms with Crippen LogP contribution in [0.5, 0.6) is 11.5 Å². The van der Waals surface area contributed by atoms with Gasteiger partial charge in [0.2, 0.25) is 5.91 Å². The Balaban J connectivity index is 1.25. The molecular weight excluding hydrogens is 430 g/mol. The number of allylic oxidation sites excluding steroid dienone is 1. The molecule has 1 aliphatic carbocycles. The smallest absolute Gasteiger partial charge is 0.247 e. The quantitative estimate of drug-likeness (QED) is 0.363. The van der Waals surface area contributed by atoms with E-state index in [0.717, 1.165) is 51.9 Å². The molecular formula is C26H27N5O3. The van der Waals surface area contributed by atoms with Gasteiger partial charge in [0, 0.05) is 18.8 Å². The number of carbonyl (C=O) groups is 1. The molecule has 3 N–H and O–H groups in total. The van der Waals surface area contributed by atoms with E-state index in [0.29, 0.717) is 6.54 Å². The van der Waals surface area contributed by atoms with Gasteiger partial charge in [-0.2, -0.15) is 5.10 Å². The molecule has 2 aromatic carbocycles. The van der Waals surface area contributed by atoms with Crippen LogP contribution >= 0.6 is 0 Å². The van der Waals surface area contributed by atoms with Crippen LogP contribution in [0.2, 0.25) is 0 Å². The first-order valence-electron chi connectivity index (χ1n) is 11.3. The number of phenols is 1. The number of aromatic hydroxyl groups is 1. The topological polar surface area (TPSA) is 105 Å². The lowest BCUT2D eigenvalue weighted by Crippen LogP contribution is -2.39. The maximum atomic E-state index is 12.8. The van der Waals surface area contributed by atoms with E-state index in [9.17, 15) is 9.90 Å². The number of hydrogen-bond acceptors (Lipinski definition) is 5. The van der Waals surface area contributed by atoms with Crippen LogP contribution in [0.15, 0.2) is 66.8 Å². The van der Waals surface area contributed by atoms with Gasteiger partial charge in [-0.25, -0.2) is 4.98 Å². The molecule has 5 rings (SSSR count). The molecule has 1 amide bonds. The molecule has 1 fully saturated rings. The van der Waals surface area contributed by atoms with Crippen LogP contribution in [-0.2, 0) is 18.4 Å². The van der Waals surface area contributed by atoms with Crippen molar-refractivity contribution in [1.29, 1.82) is 0 Å². The van der Waals surface area contributed by atoms with Gasteiger partial charge in [0.1, 0.15) is 11.5 Å². The minimum Gasteiger partial charge on any atom is -0.508 e. The number of hydrogen-bond donors (Lipinski definition) is 3. The molecule has 2 heterocycles. The molecule has 174 valence electrons. The van der Waals surface area contributed by atoms with E-state index in [2.05, 4.69) is 20.5 Å². The summed E-state index contributed by atoms with van der Waals surface area (Å²) < 4.78 is 8.26. The van der Waals surface area contributed by atoms with Crippen LogP contribution in [-0.4, -0.2) is 36.9 Å². The summed E-state index contributed by atoms with van der Waals surface area (Å²) in [6.07, 6.45) is 8.73. The van der Waals surface area contributed by atoms with Crippen molar-refractivity contribution in [2.24, 2.45) is 13.0 Å². The van der Waals surface area contributed by atoms with Crippen LogP contribution in [0.1, 0.15) is 25.5 Å². The number of nitrogens with zero attached hydrogens (tertiary/aromatic N) is 3. The second-order valence-electron chi connectivity index (χ2n) is 8.68. The Morgan fingerprint density at radius 3 is 2.74 bits per heavy atom. The Bertz CT molecular complexity index is 1350. The molecule has 8 nitrogen and oxygen atoms in total. The van der Waals surface area contributed by atoms with Gasteiger partial charge in [0.15, 0.2) is 0 Å². The predicted molar refractivity (Wildman–Crippen MR) is 129 cm³/mol. The SMILES string of the molecule is CC=C(C(=O)NCc1cncn1C)C1CC(Oc2cc(-c3ccc(O)cc3)cc3[nH]ncc23)C1. The van der Waals surface area contributed by atoms with Crippen LogP contribution in [0, 0.1) is 5.92 Å². The maximum Gasteiger partial charge on any atom is 0.247 e. The molecule has 0 aliphatic heterocycles. The molecule has 8 heteroatoms. The van der Waals surface area contributed by atoms with E-state index in [1.807, 2.05) is 48.9 Å². The molecule has 0 spiro atoms. The summed E-state index contributed by atoms with van der Waals surface area (Å²) in [6.45, 7) is 2.35. The van der Waals surface area contributed by atoms with Crippen LogP contribution in [0.3, 0.4) is 0 Å². The van der Waals surface area contributed by atoms with Crippen molar-refractivity contribution in [2.75, 3.05) is 0 Å². The Morgan fingerprint density at radius 2 is 2.03 bits per heavy atom. The van der Waals surface area contributed by atoms with Gasteiger partial charge < -0.3 is 19.7 Å². The number of imidazole rings is 1. The lowest BCUT2D eigenvalue weighted by atomic mass is 9.76. The second-order valence-corrected chi connectivity index (χ2v) is 8.68. The number of H-pyrrole nitrogens is 1. The zero-order valence-corrected chi connectivity index (χ0v) is 19.2. The number of ether oxygens (including phenoxy) is 1. The first kappa shape index (κ1) is 21.8. The average Bonchev–Trinajstić information content (AvgIpc) is 3.45. The number of aryl methyl sites for hydroxylation is 1. The van der Waals surface area contributed by atoms with Gasteiger partial charge in [-0.15, -0.1) is 0 Å². The van der Waals surface area contributed by atoms with Gasteiger partial charge >= 0.3 is 0 Å². The van der Waals surface area contributed by atoms with Crippen molar-refractivity contribution in [3.63, 3.8) is 0 Å². The van der Waals surface area contributed by atoms with Gasteiger partial charge in [-0.05, 0) is 61.1 Å². The van der Waals surface area contributed by atoms with E-state index in [4.69, 9.17) is 4.74 Å². The first-order valence-corrected chi connectivity index (χ1v) is 11.3. The fourth-order valence-corrected chi connectivity index (χ4v) is 4.41. The van der Waals surface area contributed by atoms with E-state index >= 15 is 0 Å². The molecule has 0 atom stereocenters. The predicted octanol–water partition coefficient (Wildman–Crippen LogP) is 4.09. The highest BCUT2D eigenvalue weighted by Gasteiger charge is 2.36. The third-order valence-corrected chi connectivity index (χ3v) is 6.47.